The monoisotopic (exact) mass is 470 g/mol. The maximum atomic E-state index is 6.26. The molecule has 0 saturated carbocycles. The largest absolute Gasteiger partial charge is 0.245 e. The first-order valence-electron chi connectivity index (χ1n) is 11.5. The molecule has 3 aromatic carbocycles. The number of nitrogens with zero attached hydrogens (tertiary/aromatic N) is 3. The SMILES string of the molecule is CC(C)(C)c1cc(C=NNc2nc(-c3ccccc3)c3cc(Cl)ccc3n2)cc(C(C)(C)C)c1. The predicted molar refractivity (Wildman–Crippen MR) is 145 cm³/mol. The van der Waals surface area contributed by atoms with Crippen LogP contribution in [0.25, 0.3) is 22.2 Å². The molecule has 34 heavy (non-hydrogen) atoms. The number of nitrogens with one attached hydrogen (secondary N) is 1. The topological polar surface area (TPSA) is 50.2 Å². The first-order valence-corrected chi connectivity index (χ1v) is 11.9. The summed E-state index contributed by atoms with van der Waals surface area (Å²) in [4.78, 5) is 9.42. The molecule has 0 aliphatic rings. The molecule has 0 unspecified atom stereocenters. The molecule has 5 heteroatoms. The van der Waals surface area contributed by atoms with Gasteiger partial charge in [0.1, 0.15) is 0 Å². The number of fused-ring (bicyclic) bond motifs is 1. The first kappa shape index (κ1) is 23.9. The average Bonchev–Trinajstić information content (AvgIpc) is 2.78. The van der Waals surface area contributed by atoms with E-state index in [0.29, 0.717) is 11.0 Å². The highest BCUT2D eigenvalue weighted by molar-refractivity contribution is 6.31. The van der Waals surface area contributed by atoms with Crippen LogP contribution in [0.3, 0.4) is 0 Å². The van der Waals surface area contributed by atoms with Gasteiger partial charge in [-0.3, -0.25) is 0 Å². The summed E-state index contributed by atoms with van der Waals surface area (Å²) < 4.78 is 0. The molecule has 1 N–H and O–H groups in total. The van der Waals surface area contributed by atoms with Gasteiger partial charge in [-0.1, -0.05) is 89.5 Å². The van der Waals surface area contributed by atoms with Crippen LogP contribution in [0.15, 0.2) is 71.8 Å². The zero-order valence-electron chi connectivity index (χ0n) is 20.6. The zero-order chi connectivity index (χ0) is 24.5. The van der Waals surface area contributed by atoms with E-state index in [1.807, 2.05) is 54.7 Å². The van der Waals surface area contributed by atoms with Gasteiger partial charge in [-0.25, -0.2) is 15.4 Å². The molecule has 0 radical (unpaired) electrons. The number of hydrogen-bond donors (Lipinski definition) is 1. The van der Waals surface area contributed by atoms with Gasteiger partial charge in [0.2, 0.25) is 5.95 Å². The lowest BCUT2D eigenvalue weighted by molar-refractivity contribution is 0.568. The van der Waals surface area contributed by atoms with Crippen molar-refractivity contribution in [3.63, 3.8) is 0 Å². The van der Waals surface area contributed by atoms with Gasteiger partial charge in [0.15, 0.2) is 0 Å². The fourth-order valence-electron chi connectivity index (χ4n) is 3.72. The summed E-state index contributed by atoms with van der Waals surface area (Å²) in [6.45, 7) is 13.4. The molecule has 0 fully saturated rings. The van der Waals surface area contributed by atoms with Gasteiger partial charge in [0.25, 0.3) is 0 Å². The van der Waals surface area contributed by atoms with Crippen molar-refractivity contribution in [2.45, 2.75) is 52.4 Å². The molecule has 0 amide bonds. The fraction of sp³-hybridized carbons (Fsp3) is 0.276. The normalized spacial score (nSPS) is 12.4. The molecule has 0 atom stereocenters. The van der Waals surface area contributed by atoms with Gasteiger partial charge in [0, 0.05) is 16.0 Å². The summed E-state index contributed by atoms with van der Waals surface area (Å²) in [5, 5.41) is 6.05. The Labute approximate surface area is 207 Å². The number of halogens is 1. The lowest BCUT2D eigenvalue weighted by Crippen LogP contribution is -2.17. The third-order valence-corrected chi connectivity index (χ3v) is 6.01. The fourth-order valence-corrected chi connectivity index (χ4v) is 3.90. The summed E-state index contributed by atoms with van der Waals surface area (Å²) in [6.07, 6.45) is 1.84. The van der Waals surface area contributed by atoms with E-state index in [1.165, 1.54) is 11.1 Å². The minimum absolute atomic E-state index is 0.0462. The second-order valence-electron chi connectivity index (χ2n) is 10.6. The Morgan fingerprint density at radius 1 is 0.794 bits per heavy atom. The van der Waals surface area contributed by atoms with Crippen LogP contribution < -0.4 is 5.43 Å². The molecular formula is C29H31ClN4. The maximum absolute atomic E-state index is 6.26. The molecule has 4 nitrogen and oxygen atoms in total. The molecule has 0 spiro atoms. The van der Waals surface area contributed by atoms with E-state index in [0.717, 1.165) is 27.7 Å². The van der Waals surface area contributed by atoms with Crippen molar-refractivity contribution in [3.8, 4) is 11.3 Å². The van der Waals surface area contributed by atoms with Gasteiger partial charge in [-0.15, -0.1) is 0 Å². The Bertz CT molecular complexity index is 1310. The van der Waals surface area contributed by atoms with E-state index in [4.69, 9.17) is 16.6 Å². The smallest absolute Gasteiger partial charge is 0.244 e. The molecule has 1 heterocycles. The molecule has 0 aliphatic carbocycles. The van der Waals surface area contributed by atoms with Crippen molar-refractivity contribution in [1.29, 1.82) is 0 Å². The molecule has 174 valence electrons. The van der Waals surface area contributed by atoms with Crippen LogP contribution in [-0.4, -0.2) is 16.2 Å². The molecule has 4 aromatic rings. The van der Waals surface area contributed by atoms with Gasteiger partial charge in [0.05, 0.1) is 17.4 Å². The lowest BCUT2D eigenvalue weighted by atomic mass is 9.80. The number of hydrazone groups is 1. The number of anilines is 1. The summed E-state index contributed by atoms with van der Waals surface area (Å²) in [5.74, 6) is 0.438. The zero-order valence-corrected chi connectivity index (χ0v) is 21.4. The summed E-state index contributed by atoms with van der Waals surface area (Å²) in [6, 6.07) is 22.4. The Kier molecular flexibility index (Phi) is 6.46. The highest BCUT2D eigenvalue weighted by Crippen LogP contribution is 2.31. The second-order valence-corrected chi connectivity index (χ2v) is 11.1. The van der Waals surface area contributed by atoms with Crippen LogP contribution in [0.1, 0.15) is 58.2 Å². The van der Waals surface area contributed by atoms with Crippen LogP contribution in [0.4, 0.5) is 5.95 Å². The van der Waals surface area contributed by atoms with Gasteiger partial charge < -0.3 is 0 Å². The maximum Gasteiger partial charge on any atom is 0.244 e. The van der Waals surface area contributed by atoms with E-state index < -0.39 is 0 Å². The number of rotatable bonds is 4. The van der Waals surface area contributed by atoms with E-state index in [2.05, 4.69) is 75.3 Å². The van der Waals surface area contributed by atoms with Crippen molar-refractivity contribution in [1.82, 2.24) is 9.97 Å². The molecule has 4 rings (SSSR count). The minimum Gasteiger partial charge on any atom is -0.245 e. The van der Waals surface area contributed by atoms with Crippen molar-refractivity contribution in [3.05, 3.63) is 88.4 Å². The highest BCUT2D eigenvalue weighted by atomic mass is 35.5. The number of hydrogen-bond acceptors (Lipinski definition) is 4. The molecular weight excluding hydrogens is 440 g/mol. The summed E-state index contributed by atoms with van der Waals surface area (Å²) in [5.41, 5.74) is 9.36. The van der Waals surface area contributed by atoms with E-state index >= 15 is 0 Å². The molecule has 0 aliphatic heterocycles. The van der Waals surface area contributed by atoms with Gasteiger partial charge in [-0.2, -0.15) is 5.10 Å². The predicted octanol–water partition coefficient (Wildman–Crippen LogP) is 7.99. The van der Waals surface area contributed by atoms with Crippen LogP contribution in [0, 0.1) is 0 Å². The highest BCUT2D eigenvalue weighted by Gasteiger charge is 2.20. The van der Waals surface area contributed by atoms with Crippen LogP contribution in [-0.2, 0) is 10.8 Å². The van der Waals surface area contributed by atoms with Crippen molar-refractivity contribution >= 4 is 34.7 Å². The Morgan fingerprint density at radius 3 is 2.06 bits per heavy atom. The molecule has 1 aromatic heterocycles. The van der Waals surface area contributed by atoms with Crippen LogP contribution in [0.2, 0.25) is 5.02 Å². The van der Waals surface area contributed by atoms with Crippen LogP contribution in [0.5, 0.6) is 0 Å². The van der Waals surface area contributed by atoms with Crippen LogP contribution >= 0.6 is 11.6 Å². The molecule has 0 saturated heterocycles. The lowest BCUT2D eigenvalue weighted by Gasteiger charge is -2.25. The Balaban J connectivity index is 1.70. The summed E-state index contributed by atoms with van der Waals surface area (Å²) >= 11 is 6.26. The van der Waals surface area contributed by atoms with Crippen molar-refractivity contribution in [2.75, 3.05) is 5.43 Å². The van der Waals surface area contributed by atoms with Gasteiger partial charge in [-0.05, 0) is 57.9 Å². The Morgan fingerprint density at radius 2 is 1.44 bits per heavy atom. The summed E-state index contributed by atoms with van der Waals surface area (Å²) in [7, 11) is 0. The van der Waals surface area contributed by atoms with E-state index in [9.17, 15) is 0 Å². The average molecular weight is 471 g/mol. The van der Waals surface area contributed by atoms with E-state index in [1.54, 1.807) is 0 Å². The first-order chi connectivity index (χ1) is 16.0. The second kappa shape index (κ2) is 9.19. The van der Waals surface area contributed by atoms with E-state index in [-0.39, 0.29) is 10.8 Å². The quantitative estimate of drug-likeness (QED) is 0.243. The van der Waals surface area contributed by atoms with Gasteiger partial charge >= 0.3 is 0 Å². The third kappa shape index (κ3) is 5.45. The minimum atomic E-state index is 0.0462. The standard InChI is InChI=1S/C29H31ClN4/c1-28(2,3)21-14-19(15-22(16-21)29(4,5)6)18-31-34-27-32-25-13-12-23(30)17-24(25)26(33-27)20-10-8-7-9-11-20/h7-18H,1-6H3,(H,32,33,34). The number of benzene rings is 3. The number of aromatic nitrogens is 2. The molecule has 0 bridgehead atoms. The van der Waals surface area contributed by atoms with Crippen molar-refractivity contribution < 1.29 is 0 Å². The third-order valence-electron chi connectivity index (χ3n) is 5.77. The Hall–Kier alpha value is -3.24. The van der Waals surface area contributed by atoms with Crippen molar-refractivity contribution in [2.24, 2.45) is 5.10 Å².